The fourth-order valence-electron chi connectivity index (χ4n) is 1.47. The third kappa shape index (κ3) is 5.44. The van der Waals surface area contributed by atoms with E-state index in [2.05, 4.69) is 36.6 Å². The summed E-state index contributed by atoms with van der Waals surface area (Å²) >= 11 is 18.5. The van der Waals surface area contributed by atoms with E-state index in [-0.39, 0.29) is 26.3 Å². The van der Waals surface area contributed by atoms with Crippen molar-refractivity contribution in [2.45, 2.75) is 16.1 Å². The number of hydrogen-bond donors (Lipinski definition) is 1. The summed E-state index contributed by atoms with van der Waals surface area (Å²) in [5.74, 6) is 0. The number of halogens is 4. The van der Waals surface area contributed by atoms with Gasteiger partial charge in [0.05, 0.1) is 16.7 Å². The minimum atomic E-state index is -3.75. The Hall–Kier alpha value is 0.630. The molecule has 0 aliphatic rings. The number of rotatable bonds is 7. The van der Waals surface area contributed by atoms with Crippen LogP contribution in [0.15, 0.2) is 21.5 Å². The van der Waals surface area contributed by atoms with E-state index in [1.165, 1.54) is 12.1 Å². The maximum atomic E-state index is 12.2. The first kappa shape index (κ1) is 18.7. The van der Waals surface area contributed by atoms with Crippen molar-refractivity contribution in [1.29, 1.82) is 0 Å². The lowest BCUT2D eigenvalue weighted by Crippen LogP contribution is -2.27. The average Bonchev–Trinajstić information content (AvgIpc) is 2.26. The third-order valence-electron chi connectivity index (χ3n) is 2.33. The fourth-order valence-corrected chi connectivity index (χ4v) is 4.95. The van der Waals surface area contributed by atoms with Gasteiger partial charge in [0.2, 0.25) is 10.0 Å². The van der Waals surface area contributed by atoms with Crippen LogP contribution in [0.5, 0.6) is 0 Å². The average molecular weight is 470 g/mol. The Morgan fingerprint density at radius 2 is 1.90 bits per heavy atom. The summed E-state index contributed by atoms with van der Waals surface area (Å²) in [5.41, 5.74) is 0. The van der Waals surface area contributed by atoms with Crippen LogP contribution in [0.4, 0.5) is 0 Å². The summed E-state index contributed by atoms with van der Waals surface area (Å²) in [5, 5.41) is 0.147. The molecule has 1 rings (SSSR count). The Bertz CT molecular complexity index is 546. The lowest BCUT2D eigenvalue weighted by atomic mass is 10.3. The van der Waals surface area contributed by atoms with Gasteiger partial charge in [0, 0.05) is 23.0 Å². The van der Waals surface area contributed by atoms with Crippen molar-refractivity contribution >= 4 is 65.1 Å². The molecule has 0 fully saturated rings. The van der Waals surface area contributed by atoms with Gasteiger partial charge in [0.15, 0.2) is 0 Å². The molecule has 1 aromatic carbocycles. The zero-order chi connectivity index (χ0) is 15.3. The molecule has 0 spiro atoms. The first-order valence-electron chi connectivity index (χ1n) is 5.55. The van der Waals surface area contributed by atoms with Gasteiger partial charge in [-0.2, -0.15) is 0 Å². The van der Waals surface area contributed by atoms with Gasteiger partial charge in [-0.3, -0.25) is 0 Å². The highest BCUT2D eigenvalue weighted by atomic mass is 79.9. The Balaban J connectivity index is 2.80. The molecule has 4 nitrogen and oxygen atoms in total. The lowest BCUT2D eigenvalue weighted by molar-refractivity contribution is 0.199. The van der Waals surface area contributed by atoms with Gasteiger partial charge in [-0.15, -0.1) is 0 Å². The Morgan fingerprint density at radius 1 is 1.35 bits per heavy atom. The molecule has 1 unspecified atom stereocenters. The smallest absolute Gasteiger partial charge is 0.243 e. The predicted molar refractivity (Wildman–Crippen MR) is 88.6 cm³/mol. The van der Waals surface area contributed by atoms with E-state index >= 15 is 0 Å². The second-order valence-electron chi connectivity index (χ2n) is 3.94. The standard InChI is InChI=1S/C11H13Br2Cl2NO3S/c1-19-6-7(12)2-3-16-20(17,18)11-9(14)4-8(13)5-10(11)15/h4-5,7,16H,2-3,6H2,1H3. The molecule has 0 saturated heterocycles. The van der Waals surface area contributed by atoms with Gasteiger partial charge in [-0.25, -0.2) is 13.1 Å². The second-order valence-corrected chi connectivity index (χ2v) is 8.67. The predicted octanol–water partition coefficient (Wildman–Crippen LogP) is 3.83. The van der Waals surface area contributed by atoms with E-state index in [9.17, 15) is 8.42 Å². The summed E-state index contributed by atoms with van der Waals surface area (Å²) in [6.45, 7) is 0.756. The van der Waals surface area contributed by atoms with Gasteiger partial charge in [0.25, 0.3) is 0 Å². The van der Waals surface area contributed by atoms with E-state index in [0.29, 0.717) is 17.5 Å². The zero-order valence-electron chi connectivity index (χ0n) is 10.5. The molecule has 1 aromatic rings. The minimum absolute atomic E-state index is 0.0733. The third-order valence-corrected chi connectivity index (χ3v) is 5.89. The molecule has 1 N–H and O–H groups in total. The van der Waals surface area contributed by atoms with Gasteiger partial charge >= 0.3 is 0 Å². The maximum Gasteiger partial charge on any atom is 0.243 e. The Kier molecular flexibility index (Phi) is 7.76. The number of nitrogens with one attached hydrogen (secondary N) is 1. The molecule has 0 aliphatic carbocycles. The van der Waals surface area contributed by atoms with Crippen molar-refractivity contribution in [3.63, 3.8) is 0 Å². The molecule has 20 heavy (non-hydrogen) atoms. The molecule has 0 aromatic heterocycles. The molecule has 0 heterocycles. The van der Waals surface area contributed by atoms with Crippen molar-refractivity contribution in [3.8, 4) is 0 Å². The topological polar surface area (TPSA) is 55.4 Å². The van der Waals surface area contributed by atoms with Crippen molar-refractivity contribution in [3.05, 3.63) is 26.7 Å². The number of benzene rings is 1. The molecular formula is C11H13Br2Cl2NO3S. The SMILES string of the molecule is COCC(Br)CCNS(=O)(=O)c1c(Cl)cc(Br)cc1Cl. The molecule has 0 aliphatic heterocycles. The first-order valence-corrected chi connectivity index (χ1v) is 9.50. The van der Waals surface area contributed by atoms with Crippen molar-refractivity contribution < 1.29 is 13.2 Å². The van der Waals surface area contributed by atoms with Crippen LogP contribution in [-0.2, 0) is 14.8 Å². The molecule has 0 saturated carbocycles. The van der Waals surface area contributed by atoms with Crippen LogP contribution >= 0.6 is 55.1 Å². The van der Waals surface area contributed by atoms with E-state index in [0.717, 1.165) is 0 Å². The summed E-state index contributed by atoms with van der Waals surface area (Å²) < 4.78 is 32.4. The molecule has 0 radical (unpaired) electrons. The van der Waals surface area contributed by atoms with Crippen LogP contribution in [0.25, 0.3) is 0 Å². The summed E-state index contributed by atoms with van der Waals surface area (Å²) in [6, 6.07) is 2.97. The number of ether oxygens (including phenoxy) is 1. The monoisotopic (exact) mass is 467 g/mol. The Morgan fingerprint density at radius 3 is 2.40 bits per heavy atom. The molecular weight excluding hydrogens is 457 g/mol. The van der Waals surface area contributed by atoms with Gasteiger partial charge < -0.3 is 4.74 Å². The zero-order valence-corrected chi connectivity index (χ0v) is 16.0. The molecule has 0 bridgehead atoms. The van der Waals surface area contributed by atoms with E-state index in [1.54, 1.807) is 7.11 Å². The number of sulfonamides is 1. The van der Waals surface area contributed by atoms with Crippen molar-refractivity contribution in [2.24, 2.45) is 0 Å². The largest absolute Gasteiger partial charge is 0.384 e. The van der Waals surface area contributed by atoms with Crippen molar-refractivity contribution in [1.82, 2.24) is 4.72 Å². The van der Waals surface area contributed by atoms with Crippen molar-refractivity contribution in [2.75, 3.05) is 20.3 Å². The molecule has 0 amide bonds. The number of hydrogen-bond acceptors (Lipinski definition) is 3. The van der Waals surface area contributed by atoms with Crippen LogP contribution in [0.3, 0.4) is 0 Å². The van der Waals surface area contributed by atoms with Crippen LogP contribution in [0.1, 0.15) is 6.42 Å². The van der Waals surface area contributed by atoms with Gasteiger partial charge in [-0.05, 0) is 18.6 Å². The fraction of sp³-hybridized carbons (Fsp3) is 0.455. The van der Waals surface area contributed by atoms with Crippen LogP contribution in [0, 0.1) is 0 Å². The summed E-state index contributed by atoms with van der Waals surface area (Å²) in [4.78, 5) is -0.0343. The van der Waals surface area contributed by atoms with E-state index in [4.69, 9.17) is 27.9 Å². The second kappa shape index (κ2) is 8.31. The van der Waals surface area contributed by atoms with E-state index in [1.807, 2.05) is 0 Å². The number of methoxy groups -OCH3 is 1. The quantitative estimate of drug-likeness (QED) is 0.617. The van der Waals surface area contributed by atoms with Gasteiger partial charge in [-0.1, -0.05) is 55.1 Å². The lowest BCUT2D eigenvalue weighted by Gasteiger charge is -2.12. The molecule has 114 valence electrons. The van der Waals surface area contributed by atoms with Crippen LogP contribution < -0.4 is 4.72 Å². The summed E-state index contributed by atoms with van der Waals surface area (Å²) in [7, 11) is -2.16. The maximum absolute atomic E-state index is 12.2. The van der Waals surface area contributed by atoms with E-state index < -0.39 is 10.0 Å². The normalized spacial score (nSPS) is 13.4. The first-order chi connectivity index (χ1) is 9.27. The highest BCUT2D eigenvalue weighted by molar-refractivity contribution is 9.10. The van der Waals surface area contributed by atoms with Gasteiger partial charge in [0.1, 0.15) is 4.90 Å². The molecule has 1 atom stereocenters. The highest BCUT2D eigenvalue weighted by Gasteiger charge is 2.22. The Labute approximate surface area is 145 Å². The van der Waals surface area contributed by atoms with Crippen LogP contribution in [0.2, 0.25) is 10.0 Å². The highest BCUT2D eigenvalue weighted by Crippen LogP contribution is 2.32. The van der Waals surface area contributed by atoms with Crippen LogP contribution in [-0.4, -0.2) is 33.5 Å². The number of alkyl halides is 1. The molecule has 9 heteroatoms. The minimum Gasteiger partial charge on any atom is -0.384 e. The summed E-state index contributed by atoms with van der Waals surface area (Å²) in [6.07, 6.45) is 0.582.